The zero-order valence-electron chi connectivity index (χ0n) is 23.5. The van der Waals surface area contributed by atoms with Crippen LogP contribution in [0.3, 0.4) is 0 Å². The predicted octanol–water partition coefficient (Wildman–Crippen LogP) is 6.99. The highest BCUT2D eigenvalue weighted by Crippen LogP contribution is 2.38. The van der Waals surface area contributed by atoms with E-state index in [9.17, 15) is 14.7 Å². The number of aliphatic carboxylic acids is 1. The first-order valence-corrected chi connectivity index (χ1v) is 14.1. The van der Waals surface area contributed by atoms with Crippen molar-refractivity contribution >= 4 is 39.4 Å². The molecule has 4 aromatic carbocycles. The lowest BCUT2D eigenvalue weighted by Gasteiger charge is -2.17. The molecule has 2 N–H and O–H groups in total. The second kappa shape index (κ2) is 12.5. The number of halogens is 1. The molecule has 2 heterocycles. The summed E-state index contributed by atoms with van der Waals surface area (Å²) in [6, 6.07) is 26.8. The van der Waals surface area contributed by atoms with Gasteiger partial charge in [0.15, 0.2) is 5.75 Å². The molecule has 0 fully saturated rings. The summed E-state index contributed by atoms with van der Waals surface area (Å²) in [6.07, 6.45) is 1.44. The minimum absolute atomic E-state index is 0.133. The minimum Gasteiger partial charge on any atom is -0.488 e. The Balaban J connectivity index is 1.34. The monoisotopic (exact) mass is 607 g/mol. The highest BCUT2D eigenvalue weighted by Gasteiger charge is 2.18. The molecule has 10 heteroatoms. The molecule has 220 valence electrons. The van der Waals surface area contributed by atoms with E-state index in [0.717, 1.165) is 27.6 Å². The normalized spacial score (nSPS) is 11.9. The van der Waals surface area contributed by atoms with Crippen LogP contribution in [0.25, 0.3) is 33.0 Å². The van der Waals surface area contributed by atoms with E-state index < -0.39 is 17.6 Å². The van der Waals surface area contributed by atoms with Gasteiger partial charge in [0.2, 0.25) is 5.88 Å². The van der Waals surface area contributed by atoms with Crippen molar-refractivity contribution in [3.8, 4) is 28.5 Å². The van der Waals surface area contributed by atoms with E-state index in [-0.39, 0.29) is 18.2 Å². The van der Waals surface area contributed by atoms with Crippen molar-refractivity contribution in [3.63, 3.8) is 0 Å². The Morgan fingerprint density at radius 2 is 1.80 bits per heavy atom. The third kappa shape index (κ3) is 6.24. The van der Waals surface area contributed by atoms with Crippen LogP contribution in [0.4, 0.5) is 0 Å². The Bertz CT molecular complexity index is 2050. The summed E-state index contributed by atoms with van der Waals surface area (Å²) < 4.78 is 17.8. The average Bonchev–Trinajstić information content (AvgIpc) is 3.04. The number of fused-ring (bicyclic) bond motifs is 2. The largest absolute Gasteiger partial charge is 0.488 e. The standard InChI is InChI=1S/C34H26ClN3O6/c1-20(34(40)41)36-17-24-15-27(35)30(16-28(24)42-18-21-10-11-23-12-13-31(39)43-29(23)14-21)44-33-26-9-5-8-25(32(26)37-19-38-33)22-6-3-2-4-7-22/h2-16,19-20,36H,17-18H2,1H3,(H,40,41)/t20-/m1/s1. The molecule has 0 aliphatic heterocycles. The van der Waals surface area contributed by atoms with Gasteiger partial charge in [0.1, 0.15) is 30.3 Å². The summed E-state index contributed by atoms with van der Waals surface area (Å²) in [6.45, 7) is 1.86. The number of para-hydroxylation sites is 1. The van der Waals surface area contributed by atoms with Gasteiger partial charge >= 0.3 is 11.6 Å². The molecule has 9 nitrogen and oxygen atoms in total. The van der Waals surface area contributed by atoms with E-state index in [2.05, 4.69) is 15.3 Å². The van der Waals surface area contributed by atoms with E-state index in [1.807, 2.05) is 60.7 Å². The molecule has 2 aromatic heterocycles. The molecule has 0 spiro atoms. The number of carboxylic acids is 1. The predicted molar refractivity (Wildman–Crippen MR) is 167 cm³/mol. The van der Waals surface area contributed by atoms with Gasteiger partial charge < -0.3 is 24.3 Å². The van der Waals surface area contributed by atoms with E-state index in [1.165, 1.54) is 12.4 Å². The van der Waals surface area contributed by atoms with Gasteiger partial charge in [-0.15, -0.1) is 0 Å². The number of rotatable bonds is 10. The zero-order valence-corrected chi connectivity index (χ0v) is 24.2. The van der Waals surface area contributed by atoms with Crippen molar-refractivity contribution in [3.05, 3.63) is 124 Å². The summed E-state index contributed by atoms with van der Waals surface area (Å²) in [4.78, 5) is 32.0. The van der Waals surface area contributed by atoms with Crippen molar-refractivity contribution in [2.45, 2.75) is 26.1 Å². The van der Waals surface area contributed by atoms with Gasteiger partial charge in [-0.2, -0.15) is 0 Å². The highest BCUT2D eigenvalue weighted by atomic mass is 35.5. The van der Waals surface area contributed by atoms with Crippen molar-refractivity contribution < 1.29 is 23.8 Å². The van der Waals surface area contributed by atoms with Crippen LogP contribution >= 0.6 is 11.6 Å². The van der Waals surface area contributed by atoms with Crippen LogP contribution < -0.4 is 20.4 Å². The number of aromatic nitrogens is 2. The summed E-state index contributed by atoms with van der Waals surface area (Å²) in [5, 5.41) is 14.1. The Labute approximate surface area is 256 Å². The highest BCUT2D eigenvalue weighted by molar-refractivity contribution is 6.32. The lowest BCUT2D eigenvalue weighted by molar-refractivity contribution is -0.139. The number of hydrogen-bond acceptors (Lipinski definition) is 8. The third-order valence-corrected chi connectivity index (χ3v) is 7.38. The van der Waals surface area contributed by atoms with Crippen LogP contribution in [0.5, 0.6) is 17.4 Å². The van der Waals surface area contributed by atoms with Crippen molar-refractivity contribution in [1.29, 1.82) is 0 Å². The lowest BCUT2D eigenvalue weighted by atomic mass is 10.0. The Morgan fingerprint density at radius 1 is 0.977 bits per heavy atom. The van der Waals surface area contributed by atoms with Crippen LogP contribution in [0.2, 0.25) is 5.02 Å². The van der Waals surface area contributed by atoms with Crippen molar-refractivity contribution in [1.82, 2.24) is 15.3 Å². The number of nitrogens with zero attached hydrogens (tertiary/aromatic N) is 2. The first-order chi connectivity index (χ1) is 21.4. The zero-order chi connectivity index (χ0) is 30.6. The maximum absolute atomic E-state index is 11.7. The van der Waals surface area contributed by atoms with Crippen molar-refractivity contribution in [2.24, 2.45) is 0 Å². The second-order valence-electron chi connectivity index (χ2n) is 10.1. The number of nitrogens with one attached hydrogen (secondary N) is 1. The fourth-order valence-corrected chi connectivity index (χ4v) is 4.96. The average molecular weight is 608 g/mol. The molecule has 0 aliphatic carbocycles. The van der Waals surface area contributed by atoms with Crippen LogP contribution in [0.1, 0.15) is 18.1 Å². The van der Waals surface area contributed by atoms with E-state index >= 15 is 0 Å². The smallest absolute Gasteiger partial charge is 0.336 e. The third-order valence-electron chi connectivity index (χ3n) is 7.09. The van der Waals surface area contributed by atoms with Crippen LogP contribution in [0.15, 0.2) is 107 Å². The molecule has 0 aliphatic rings. The fourth-order valence-electron chi connectivity index (χ4n) is 4.73. The van der Waals surface area contributed by atoms with Crippen LogP contribution in [0, 0.1) is 0 Å². The molecule has 0 amide bonds. The van der Waals surface area contributed by atoms with Gasteiger partial charge in [0.25, 0.3) is 0 Å². The fraction of sp³-hybridized carbons (Fsp3) is 0.118. The van der Waals surface area contributed by atoms with Crippen LogP contribution in [-0.2, 0) is 17.9 Å². The molecule has 0 radical (unpaired) electrons. The van der Waals surface area contributed by atoms with Gasteiger partial charge in [-0.3, -0.25) is 4.79 Å². The molecular formula is C34H26ClN3O6. The number of carbonyl (C=O) groups is 1. The molecule has 6 rings (SSSR count). The first kappa shape index (κ1) is 28.9. The Hall–Kier alpha value is -5.25. The van der Waals surface area contributed by atoms with E-state index in [0.29, 0.717) is 33.9 Å². The van der Waals surface area contributed by atoms with Gasteiger partial charge in [-0.05, 0) is 42.3 Å². The number of hydrogen-bond donors (Lipinski definition) is 2. The number of carboxylic acid groups (broad SMARTS) is 1. The van der Waals surface area contributed by atoms with Gasteiger partial charge in [-0.1, -0.05) is 66.2 Å². The number of ether oxygens (including phenoxy) is 2. The van der Waals surface area contributed by atoms with E-state index in [1.54, 1.807) is 31.2 Å². The topological polar surface area (TPSA) is 124 Å². The molecular weight excluding hydrogens is 582 g/mol. The SMILES string of the molecule is C[C@@H](NCc1cc(Cl)c(Oc2ncnc3c(-c4ccccc4)cccc23)cc1OCc1ccc2ccc(=O)oc2c1)C(=O)O. The maximum Gasteiger partial charge on any atom is 0.336 e. The molecule has 0 bridgehead atoms. The molecule has 44 heavy (non-hydrogen) atoms. The van der Waals surface area contributed by atoms with Gasteiger partial charge in [0, 0.05) is 35.2 Å². The molecule has 1 atom stereocenters. The van der Waals surface area contributed by atoms with Gasteiger partial charge in [0.05, 0.1) is 15.9 Å². The molecule has 0 saturated heterocycles. The van der Waals surface area contributed by atoms with Crippen LogP contribution in [-0.4, -0.2) is 27.1 Å². The Kier molecular flexibility index (Phi) is 8.23. The first-order valence-electron chi connectivity index (χ1n) is 13.8. The quantitative estimate of drug-likeness (QED) is 0.159. The van der Waals surface area contributed by atoms with Crippen molar-refractivity contribution in [2.75, 3.05) is 0 Å². The molecule has 0 unspecified atom stereocenters. The maximum atomic E-state index is 11.7. The minimum atomic E-state index is -0.985. The lowest BCUT2D eigenvalue weighted by Crippen LogP contribution is -2.33. The van der Waals surface area contributed by atoms with Gasteiger partial charge in [-0.25, -0.2) is 14.8 Å². The molecule has 6 aromatic rings. The summed E-state index contributed by atoms with van der Waals surface area (Å²) in [5.41, 5.74) is 4.06. The van der Waals surface area contributed by atoms with E-state index in [4.69, 9.17) is 25.5 Å². The number of benzene rings is 4. The second-order valence-corrected chi connectivity index (χ2v) is 10.5. The summed E-state index contributed by atoms with van der Waals surface area (Å²) in [7, 11) is 0. The molecule has 0 saturated carbocycles. The summed E-state index contributed by atoms with van der Waals surface area (Å²) >= 11 is 6.69. The summed E-state index contributed by atoms with van der Waals surface area (Å²) in [5.74, 6) is 0.0519. The Morgan fingerprint density at radius 3 is 2.61 bits per heavy atom.